The zero-order valence-corrected chi connectivity index (χ0v) is 13.0. The first-order valence-corrected chi connectivity index (χ1v) is 7.75. The Morgan fingerprint density at radius 3 is 2.70 bits per heavy atom. The molecule has 0 amide bonds. The van der Waals surface area contributed by atoms with Crippen LogP contribution in [0.1, 0.15) is 12.8 Å². The van der Waals surface area contributed by atoms with Gasteiger partial charge in [0.2, 0.25) is 0 Å². The Bertz CT molecular complexity index is 846. The topological polar surface area (TPSA) is 62.1 Å². The molecule has 0 unspecified atom stereocenters. The molecule has 0 bridgehead atoms. The monoisotopic (exact) mass is 306 g/mol. The van der Waals surface area contributed by atoms with Gasteiger partial charge in [-0.1, -0.05) is 12.1 Å². The molecule has 0 aliphatic heterocycles. The van der Waals surface area contributed by atoms with Gasteiger partial charge in [0.05, 0.1) is 11.1 Å². The highest BCUT2D eigenvalue weighted by Crippen LogP contribution is 2.37. The summed E-state index contributed by atoms with van der Waals surface area (Å²) in [7, 11) is 1.97. The lowest BCUT2D eigenvalue weighted by Gasteiger charge is -2.23. The number of fused-ring (bicyclic) bond motifs is 1. The Balaban J connectivity index is 1.84. The van der Waals surface area contributed by atoms with Gasteiger partial charge < -0.3 is 10.0 Å². The Hall–Kier alpha value is -2.53. The Kier molecular flexibility index (Phi) is 3.23. The van der Waals surface area contributed by atoms with E-state index in [1.54, 1.807) is 12.4 Å². The molecule has 2 aromatic heterocycles. The van der Waals surface area contributed by atoms with Crippen molar-refractivity contribution in [1.29, 1.82) is 0 Å². The molecule has 1 aromatic carbocycles. The Morgan fingerprint density at radius 2 is 1.96 bits per heavy atom. The Labute approximate surface area is 134 Å². The highest BCUT2D eigenvalue weighted by atomic mass is 16.3. The number of likely N-dealkylation sites (N-methyl/N-ethyl adjacent to an activating group) is 1. The predicted octanol–water partition coefficient (Wildman–Crippen LogP) is 2.65. The summed E-state index contributed by atoms with van der Waals surface area (Å²) in [6, 6.07) is 11.8. The number of aliphatic hydroxyl groups is 1. The first-order valence-electron chi connectivity index (χ1n) is 7.75. The van der Waals surface area contributed by atoms with Crippen LogP contribution < -0.4 is 4.90 Å². The van der Waals surface area contributed by atoms with E-state index in [9.17, 15) is 5.11 Å². The van der Waals surface area contributed by atoms with Gasteiger partial charge in [0.1, 0.15) is 5.82 Å². The van der Waals surface area contributed by atoms with Gasteiger partial charge in [-0.25, -0.2) is 9.97 Å². The minimum absolute atomic E-state index is 0.560. The van der Waals surface area contributed by atoms with Gasteiger partial charge >= 0.3 is 0 Å². The fourth-order valence-corrected chi connectivity index (χ4v) is 2.79. The number of para-hydroxylation sites is 1. The van der Waals surface area contributed by atoms with Crippen molar-refractivity contribution in [2.75, 3.05) is 18.5 Å². The van der Waals surface area contributed by atoms with E-state index < -0.39 is 5.60 Å². The average Bonchev–Trinajstić information content (AvgIpc) is 3.31. The van der Waals surface area contributed by atoms with E-state index in [0.717, 1.165) is 35.1 Å². The van der Waals surface area contributed by atoms with Crippen LogP contribution in [0.3, 0.4) is 0 Å². The molecule has 5 heteroatoms. The van der Waals surface area contributed by atoms with Crippen molar-refractivity contribution in [2.45, 2.75) is 18.4 Å². The van der Waals surface area contributed by atoms with Crippen molar-refractivity contribution in [3.8, 4) is 11.4 Å². The lowest BCUT2D eigenvalue weighted by molar-refractivity contribution is 0.158. The summed E-state index contributed by atoms with van der Waals surface area (Å²) in [4.78, 5) is 15.6. The molecule has 5 nitrogen and oxygen atoms in total. The van der Waals surface area contributed by atoms with Crippen LogP contribution in [0.15, 0.2) is 48.8 Å². The lowest BCUT2D eigenvalue weighted by atomic mass is 10.2. The second-order valence-corrected chi connectivity index (χ2v) is 6.21. The van der Waals surface area contributed by atoms with E-state index >= 15 is 0 Å². The van der Waals surface area contributed by atoms with E-state index in [4.69, 9.17) is 4.98 Å². The summed E-state index contributed by atoms with van der Waals surface area (Å²) in [5.41, 5.74) is 1.22. The molecular formula is C18H18N4O. The standard InChI is InChI=1S/C18H18N4O/c1-22(12-18(23)8-9-18)17-14-6-2-3-7-15(14)20-16(21-17)13-5-4-10-19-11-13/h2-7,10-11,23H,8-9,12H2,1H3. The van der Waals surface area contributed by atoms with Crippen molar-refractivity contribution >= 4 is 16.7 Å². The van der Waals surface area contributed by atoms with Gasteiger partial charge in [-0.05, 0) is 37.1 Å². The fourth-order valence-electron chi connectivity index (χ4n) is 2.79. The van der Waals surface area contributed by atoms with Crippen molar-refractivity contribution in [2.24, 2.45) is 0 Å². The molecule has 1 saturated carbocycles. The van der Waals surface area contributed by atoms with Crippen LogP contribution in [0.25, 0.3) is 22.3 Å². The largest absolute Gasteiger partial charge is 0.388 e. The van der Waals surface area contributed by atoms with Crippen LogP contribution in [0.4, 0.5) is 5.82 Å². The smallest absolute Gasteiger partial charge is 0.163 e. The molecule has 1 aliphatic carbocycles. The van der Waals surface area contributed by atoms with E-state index in [1.165, 1.54) is 0 Å². The number of nitrogens with zero attached hydrogens (tertiary/aromatic N) is 4. The summed E-state index contributed by atoms with van der Waals surface area (Å²) < 4.78 is 0. The molecule has 0 spiro atoms. The third kappa shape index (κ3) is 2.75. The quantitative estimate of drug-likeness (QED) is 0.803. The van der Waals surface area contributed by atoms with Crippen molar-refractivity contribution in [3.05, 3.63) is 48.8 Å². The van der Waals surface area contributed by atoms with Gasteiger partial charge in [-0.15, -0.1) is 0 Å². The van der Waals surface area contributed by atoms with Crippen molar-refractivity contribution in [1.82, 2.24) is 15.0 Å². The average molecular weight is 306 g/mol. The van der Waals surface area contributed by atoms with Crippen LogP contribution >= 0.6 is 0 Å². The van der Waals surface area contributed by atoms with E-state index in [-0.39, 0.29) is 0 Å². The van der Waals surface area contributed by atoms with E-state index in [1.807, 2.05) is 48.3 Å². The SMILES string of the molecule is CN(CC1(O)CC1)c1nc(-c2cccnc2)nc2ccccc12. The number of pyridine rings is 1. The van der Waals surface area contributed by atoms with Gasteiger partial charge in [-0.2, -0.15) is 0 Å². The maximum absolute atomic E-state index is 10.2. The third-order valence-corrected chi connectivity index (χ3v) is 4.22. The van der Waals surface area contributed by atoms with Crippen molar-refractivity contribution in [3.63, 3.8) is 0 Å². The molecular weight excluding hydrogens is 288 g/mol. The zero-order valence-electron chi connectivity index (χ0n) is 13.0. The molecule has 1 aliphatic rings. The number of hydrogen-bond acceptors (Lipinski definition) is 5. The fraction of sp³-hybridized carbons (Fsp3) is 0.278. The number of anilines is 1. The summed E-state index contributed by atoms with van der Waals surface area (Å²) in [6.45, 7) is 0.584. The van der Waals surface area contributed by atoms with Gasteiger partial charge in [0.25, 0.3) is 0 Å². The third-order valence-electron chi connectivity index (χ3n) is 4.22. The van der Waals surface area contributed by atoms with Crippen LogP contribution in [-0.2, 0) is 0 Å². The lowest BCUT2D eigenvalue weighted by Crippen LogP contribution is -2.31. The van der Waals surface area contributed by atoms with E-state index in [0.29, 0.717) is 12.4 Å². The maximum atomic E-state index is 10.2. The molecule has 1 N–H and O–H groups in total. The first kappa shape index (κ1) is 14.1. The minimum Gasteiger partial charge on any atom is -0.388 e. The summed E-state index contributed by atoms with van der Waals surface area (Å²) in [5, 5.41) is 11.2. The van der Waals surface area contributed by atoms with Gasteiger partial charge in [0.15, 0.2) is 5.82 Å². The number of rotatable bonds is 4. The number of benzene rings is 1. The van der Waals surface area contributed by atoms with Crippen LogP contribution in [0, 0.1) is 0 Å². The molecule has 0 radical (unpaired) electrons. The Morgan fingerprint density at radius 1 is 1.13 bits per heavy atom. The van der Waals surface area contributed by atoms with Crippen LogP contribution in [0.5, 0.6) is 0 Å². The zero-order chi connectivity index (χ0) is 15.9. The van der Waals surface area contributed by atoms with Gasteiger partial charge in [-0.3, -0.25) is 4.98 Å². The second kappa shape index (κ2) is 5.28. The number of hydrogen-bond donors (Lipinski definition) is 1. The highest BCUT2D eigenvalue weighted by molar-refractivity contribution is 5.91. The predicted molar refractivity (Wildman–Crippen MR) is 90.2 cm³/mol. The van der Waals surface area contributed by atoms with Crippen LogP contribution in [0.2, 0.25) is 0 Å². The molecule has 4 rings (SSSR count). The molecule has 0 atom stereocenters. The summed E-state index contributed by atoms with van der Waals surface area (Å²) >= 11 is 0. The first-order chi connectivity index (χ1) is 11.1. The summed E-state index contributed by atoms with van der Waals surface area (Å²) in [5.74, 6) is 1.50. The van der Waals surface area contributed by atoms with Crippen molar-refractivity contribution < 1.29 is 5.11 Å². The molecule has 23 heavy (non-hydrogen) atoms. The van der Waals surface area contributed by atoms with Gasteiger partial charge in [0, 0.05) is 36.9 Å². The molecule has 3 aromatic rings. The molecule has 0 saturated heterocycles. The second-order valence-electron chi connectivity index (χ2n) is 6.21. The van der Waals surface area contributed by atoms with Crippen LogP contribution in [-0.4, -0.2) is 39.3 Å². The maximum Gasteiger partial charge on any atom is 0.163 e. The molecule has 116 valence electrons. The molecule has 1 fully saturated rings. The van der Waals surface area contributed by atoms with E-state index in [2.05, 4.69) is 9.97 Å². The number of aromatic nitrogens is 3. The normalized spacial score (nSPS) is 15.6. The minimum atomic E-state index is -0.560. The summed E-state index contributed by atoms with van der Waals surface area (Å²) in [6.07, 6.45) is 5.22. The highest BCUT2D eigenvalue weighted by Gasteiger charge is 2.41. The molecule has 2 heterocycles.